The van der Waals surface area contributed by atoms with Crippen LogP contribution in [0.25, 0.3) is 16.6 Å². The molecule has 0 saturated heterocycles. The number of carbonyl (C=O) groups is 1. The number of hydrogen-bond acceptors (Lipinski definition) is 2. The van der Waals surface area contributed by atoms with E-state index in [1.54, 1.807) is 0 Å². The van der Waals surface area contributed by atoms with Crippen LogP contribution in [-0.4, -0.2) is 28.7 Å². The molecule has 4 rings (SSSR count). The highest BCUT2D eigenvalue weighted by molar-refractivity contribution is 5.86. The van der Waals surface area contributed by atoms with Gasteiger partial charge < -0.3 is 14.6 Å². The van der Waals surface area contributed by atoms with Gasteiger partial charge in [0.15, 0.2) is 0 Å². The molecule has 0 atom stereocenters. The van der Waals surface area contributed by atoms with Crippen molar-refractivity contribution in [2.24, 2.45) is 0 Å². The van der Waals surface area contributed by atoms with Crippen molar-refractivity contribution in [2.45, 2.75) is 39.5 Å². The Morgan fingerprint density at radius 3 is 2.24 bits per heavy atom. The van der Waals surface area contributed by atoms with Gasteiger partial charge in [0.2, 0.25) is 0 Å². The van der Waals surface area contributed by atoms with Crippen molar-refractivity contribution < 1.29 is 9.90 Å². The molecule has 0 amide bonds. The lowest BCUT2D eigenvalue weighted by molar-refractivity contribution is -0.136. The number of carboxylic acid groups (broad SMARTS) is 1. The normalized spacial score (nSPS) is 11.1. The van der Waals surface area contributed by atoms with E-state index in [0.29, 0.717) is 6.42 Å². The average Bonchev–Trinajstić information content (AvgIpc) is 3.21. The fourth-order valence-corrected chi connectivity index (χ4v) is 4.50. The summed E-state index contributed by atoms with van der Waals surface area (Å²) in [5.41, 5.74) is 7.22. The van der Waals surface area contributed by atoms with Gasteiger partial charge in [-0.15, -0.1) is 0 Å². The van der Waals surface area contributed by atoms with Crippen LogP contribution >= 0.6 is 0 Å². The maximum Gasteiger partial charge on any atom is 0.303 e. The maximum absolute atomic E-state index is 11.1. The lowest BCUT2D eigenvalue weighted by atomic mass is 10.0. The van der Waals surface area contributed by atoms with E-state index in [4.69, 9.17) is 5.11 Å². The van der Waals surface area contributed by atoms with E-state index in [1.807, 2.05) is 6.07 Å². The zero-order valence-electron chi connectivity index (χ0n) is 19.5. The summed E-state index contributed by atoms with van der Waals surface area (Å²) >= 11 is 0. The van der Waals surface area contributed by atoms with Crippen molar-refractivity contribution in [3.8, 4) is 5.69 Å². The summed E-state index contributed by atoms with van der Waals surface area (Å²) in [5.74, 6) is -0.759. The summed E-state index contributed by atoms with van der Waals surface area (Å²) < 4.78 is 2.27. The minimum Gasteiger partial charge on any atom is -0.481 e. The molecule has 1 N–H and O–H groups in total. The molecule has 0 radical (unpaired) electrons. The van der Waals surface area contributed by atoms with Crippen LogP contribution in [0.4, 0.5) is 5.69 Å². The first kappa shape index (κ1) is 22.7. The molecule has 0 aliphatic carbocycles. The van der Waals surface area contributed by atoms with Gasteiger partial charge in [0.05, 0.1) is 5.52 Å². The fourth-order valence-electron chi connectivity index (χ4n) is 4.50. The topological polar surface area (TPSA) is 45.5 Å². The summed E-state index contributed by atoms with van der Waals surface area (Å²) in [5, 5.41) is 10.3. The fraction of sp³-hybridized carbons (Fsp3) is 0.276. The van der Waals surface area contributed by atoms with Crippen LogP contribution in [0.1, 0.15) is 37.0 Å². The third-order valence-electron chi connectivity index (χ3n) is 6.36. The number of nitrogens with zero attached hydrogens (tertiary/aromatic N) is 2. The molecule has 0 aliphatic heterocycles. The van der Waals surface area contributed by atoms with Crippen molar-refractivity contribution in [1.82, 2.24) is 4.57 Å². The molecule has 0 bridgehead atoms. The Kier molecular flexibility index (Phi) is 7.13. The first-order chi connectivity index (χ1) is 16.1. The zero-order valence-corrected chi connectivity index (χ0v) is 19.5. The van der Waals surface area contributed by atoms with E-state index >= 15 is 0 Å². The summed E-state index contributed by atoms with van der Waals surface area (Å²) in [7, 11) is 0. The third-order valence-corrected chi connectivity index (χ3v) is 6.36. The van der Waals surface area contributed by atoms with Crippen LogP contribution in [-0.2, 0) is 24.1 Å². The molecular weight excluding hydrogens is 408 g/mol. The van der Waals surface area contributed by atoms with Gasteiger partial charge >= 0.3 is 5.97 Å². The smallest absolute Gasteiger partial charge is 0.303 e. The molecule has 0 aliphatic rings. The lowest BCUT2D eigenvalue weighted by Gasteiger charge is -2.21. The summed E-state index contributed by atoms with van der Waals surface area (Å²) in [6, 6.07) is 25.7. The molecule has 4 nitrogen and oxygen atoms in total. The second-order valence-electron chi connectivity index (χ2n) is 8.44. The Bertz CT molecular complexity index is 1210. The van der Waals surface area contributed by atoms with E-state index in [0.717, 1.165) is 42.7 Å². The van der Waals surface area contributed by atoms with Crippen LogP contribution < -0.4 is 4.90 Å². The van der Waals surface area contributed by atoms with E-state index in [9.17, 15) is 4.79 Å². The molecule has 0 fully saturated rings. The maximum atomic E-state index is 11.1. The number of benzene rings is 3. The number of hydrogen-bond donors (Lipinski definition) is 1. The van der Waals surface area contributed by atoms with Crippen molar-refractivity contribution in [1.29, 1.82) is 0 Å². The zero-order chi connectivity index (χ0) is 23.2. The predicted octanol–water partition coefficient (Wildman–Crippen LogP) is 6.28. The molecule has 33 heavy (non-hydrogen) atoms. The molecule has 1 heterocycles. The highest BCUT2D eigenvalue weighted by Gasteiger charge is 2.12. The van der Waals surface area contributed by atoms with Crippen LogP contribution in [0, 0.1) is 0 Å². The van der Waals surface area contributed by atoms with Crippen LogP contribution in [0.3, 0.4) is 0 Å². The quantitative estimate of drug-likeness (QED) is 0.316. The number of fused-ring (bicyclic) bond motifs is 1. The van der Waals surface area contributed by atoms with E-state index in [-0.39, 0.29) is 6.42 Å². The minimum absolute atomic E-state index is 0.151. The van der Waals surface area contributed by atoms with Crippen LogP contribution in [0.2, 0.25) is 0 Å². The molecule has 4 heteroatoms. The van der Waals surface area contributed by atoms with E-state index in [2.05, 4.69) is 96.2 Å². The number of rotatable bonds is 10. The predicted molar refractivity (Wildman–Crippen MR) is 137 cm³/mol. The number of anilines is 1. The van der Waals surface area contributed by atoms with E-state index < -0.39 is 5.97 Å². The Morgan fingerprint density at radius 2 is 1.58 bits per heavy atom. The standard InChI is InChI=1S/C29H32N2O2/c1-3-30(4-2)25-14-16-26(17-15-25)31-21-24(13-10-22-8-6-5-7-9-22)27-20-23(11-18-28(27)31)12-19-29(32)33/h5-9,11,14-18,20-21H,3-4,10,12-13,19H2,1-2H3,(H,32,33). The monoisotopic (exact) mass is 440 g/mol. The first-order valence-corrected chi connectivity index (χ1v) is 11.8. The van der Waals surface area contributed by atoms with Crippen LogP contribution in [0.5, 0.6) is 0 Å². The average molecular weight is 441 g/mol. The third kappa shape index (κ3) is 5.28. The van der Waals surface area contributed by atoms with Crippen molar-refractivity contribution in [3.63, 3.8) is 0 Å². The highest BCUT2D eigenvalue weighted by atomic mass is 16.4. The number of aromatic nitrogens is 1. The summed E-state index contributed by atoms with van der Waals surface area (Å²) in [4.78, 5) is 13.4. The minimum atomic E-state index is -0.759. The van der Waals surface area contributed by atoms with Crippen molar-refractivity contribution >= 4 is 22.6 Å². The molecule has 0 unspecified atom stereocenters. The van der Waals surface area contributed by atoms with Gasteiger partial charge in [-0.2, -0.15) is 0 Å². The molecule has 0 saturated carbocycles. The number of carboxylic acids is 1. The number of aliphatic carboxylic acids is 1. The Balaban J connectivity index is 1.70. The Morgan fingerprint density at radius 1 is 0.848 bits per heavy atom. The lowest BCUT2D eigenvalue weighted by Crippen LogP contribution is -2.21. The van der Waals surface area contributed by atoms with Gasteiger partial charge in [0.25, 0.3) is 0 Å². The Labute approximate surface area is 196 Å². The van der Waals surface area contributed by atoms with Crippen LogP contribution in [0.15, 0.2) is 79.0 Å². The number of aryl methyl sites for hydroxylation is 3. The van der Waals surface area contributed by atoms with Gasteiger partial charge in [0.1, 0.15) is 0 Å². The summed E-state index contributed by atoms with van der Waals surface area (Å²) in [6.45, 7) is 6.34. The molecule has 3 aromatic carbocycles. The molecule has 4 aromatic rings. The van der Waals surface area contributed by atoms with Gasteiger partial charge in [-0.1, -0.05) is 36.4 Å². The molecular formula is C29H32N2O2. The molecule has 170 valence electrons. The van der Waals surface area contributed by atoms with E-state index in [1.165, 1.54) is 22.2 Å². The summed E-state index contributed by atoms with van der Waals surface area (Å²) in [6.07, 6.45) is 4.86. The van der Waals surface area contributed by atoms with Gasteiger partial charge in [-0.05, 0) is 86.2 Å². The van der Waals surface area contributed by atoms with Gasteiger partial charge in [0, 0.05) is 42.5 Å². The molecule has 1 aromatic heterocycles. The highest BCUT2D eigenvalue weighted by Crippen LogP contribution is 2.29. The second kappa shape index (κ2) is 10.4. The SMILES string of the molecule is CCN(CC)c1ccc(-n2cc(CCc3ccccc3)c3cc(CCC(=O)O)ccc32)cc1. The van der Waals surface area contributed by atoms with Crippen molar-refractivity contribution in [3.05, 3.63) is 95.7 Å². The first-order valence-electron chi connectivity index (χ1n) is 11.8. The Hall–Kier alpha value is -3.53. The van der Waals surface area contributed by atoms with Crippen molar-refractivity contribution in [2.75, 3.05) is 18.0 Å². The molecule has 0 spiro atoms. The van der Waals surface area contributed by atoms with Gasteiger partial charge in [-0.3, -0.25) is 4.79 Å². The van der Waals surface area contributed by atoms with Gasteiger partial charge in [-0.25, -0.2) is 0 Å². The largest absolute Gasteiger partial charge is 0.481 e. The second-order valence-corrected chi connectivity index (χ2v) is 8.44.